The Labute approximate surface area is 113 Å². The van der Waals surface area contributed by atoms with Crippen molar-refractivity contribution in [1.82, 2.24) is 4.90 Å². The summed E-state index contributed by atoms with van der Waals surface area (Å²) in [5.41, 5.74) is 0. The van der Waals surface area contributed by atoms with Crippen LogP contribution >= 0.6 is 0 Å². The molecule has 0 aliphatic carbocycles. The van der Waals surface area contributed by atoms with E-state index in [9.17, 15) is 9.59 Å². The molecule has 1 N–H and O–H groups in total. The Morgan fingerprint density at radius 3 is 2.74 bits per heavy atom. The number of aliphatic carboxylic acids is 1. The summed E-state index contributed by atoms with van der Waals surface area (Å²) in [7, 11) is 0. The van der Waals surface area contributed by atoms with Crippen LogP contribution in [0.4, 0.5) is 0 Å². The van der Waals surface area contributed by atoms with E-state index in [1.807, 2.05) is 6.92 Å². The van der Waals surface area contributed by atoms with Gasteiger partial charge < -0.3 is 14.6 Å². The van der Waals surface area contributed by atoms with Crippen molar-refractivity contribution in [1.29, 1.82) is 0 Å². The third kappa shape index (κ3) is 6.02. The van der Waals surface area contributed by atoms with Crippen molar-refractivity contribution >= 4 is 11.9 Å². The smallest absolute Gasteiger partial charge is 0.320 e. The number of carbonyl (C=O) groups is 2. The van der Waals surface area contributed by atoms with E-state index in [2.05, 4.69) is 0 Å². The zero-order chi connectivity index (χ0) is 14.1. The lowest BCUT2D eigenvalue weighted by atomic mass is 10.0. The number of carboxylic acid groups (broad SMARTS) is 1. The van der Waals surface area contributed by atoms with Gasteiger partial charge in [-0.25, -0.2) is 0 Å². The fourth-order valence-electron chi connectivity index (χ4n) is 2.13. The van der Waals surface area contributed by atoms with Crippen molar-refractivity contribution in [2.75, 3.05) is 32.9 Å². The molecule has 0 aromatic carbocycles. The van der Waals surface area contributed by atoms with Gasteiger partial charge in [-0.05, 0) is 25.8 Å². The van der Waals surface area contributed by atoms with Crippen molar-refractivity contribution in [2.24, 2.45) is 0 Å². The molecular formula is C13H23NO5. The summed E-state index contributed by atoms with van der Waals surface area (Å²) >= 11 is 0. The highest BCUT2D eigenvalue weighted by Gasteiger charge is 2.29. The Kier molecular flexibility index (Phi) is 7.43. The number of esters is 1. The molecule has 1 heterocycles. The van der Waals surface area contributed by atoms with Gasteiger partial charge in [-0.1, -0.05) is 13.3 Å². The van der Waals surface area contributed by atoms with Gasteiger partial charge in [0.15, 0.2) is 0 Å². The van der Waals surface area contributed by atoms with Crippen LogP contribution in [0.2, 0.25) is 0 Å². The summed E-state index contributed by atoms with van der Waals surface area (Å²) in [6.07, 6.45) is 3.36. The molecule has 1 unspecified atom stereocenters. The maximum Gasteiger partial charge on any atom is 0.320 e. The number of carboxylic acids is 1. The molecule has 0 aromatic rings. The van der Waals surface area contributed by atoms with Gasteiger partial charge in [-0.15, -0.1) is 0 Å². The summed E-state index contributed by atoms with van der Waals surface area (Å²) in [6.45, 7) is 3.97. The van der Waals surface area contributed by atoms with E-state index in [-0.39, 0.29) is 19.1 Å². The van der Waals surface area contributed by atoms with Crippen LogP contribution in [0.5, 0.6) is 0 Å². The van der Waals surface area contributed by atoms with E-state index < -0.39 is 12.0 Å². The van der Waals surface area contributed by atoms with Gasteiger partial charge in [0.1, 0.15) is 12.6 Å². The van der Waals surface area contributed by atoms with Gasteiger partial charge in [0.2, 0.25) is 0 Å². The summed E-state index contributed by atoms with van der Waals surface area (Å²) in [5.74, 6) is -1.24. The highest BCUT2D eigenvalue weighted by atomic mass is 16.6. The molecule has 1 aliphatic rings. The Balaban J connectivity index is 2.24. The van der Waals surface area contributed by atoms with Crippen LogP contribution in [0.1, 0.15) is 32.6 Å². The fourth-order valence-corrected chi connectivity index (χ4v) is 2.13. The SMILES string of the molecule is CCCOCCOC(=O)CN1CCCCC1C(=O)O. The Morgan fingerprint density at radius 1 is 1.26 bits per heavy atom. The molecule has 0 saturated carbocycles. The number of rotatable bonds is 8. The number of hydrogen-bond donors (Lipinski definition) is 1. The van der Waals surface area contributed by atoms with Crippen LogP contribution in [0, 0.1) is 0 Å². The molecule has 0 amide bonds. The Hall–Kier alpha value is -1.14. The highest BCUT2D eigenvalue weighted by Crippen LogP contribution is 2.16. The van der Waals surface area contributed by atoms with Gasteiger partial charge in [-0.3, -0.25) is 14.5 Å². The van der Waals surface area contributed by atoms with E-state index in [4.69, 9.17) is 14.6 Å². The molecule has 0 radical (unpaired) electrons. The third-order valence-corrected chi connectivity index (χ3v) is 3.07. The first-order valence-corrected chi connectivity index (χ1v) is 6.85. The molecular weight excluding hydrogens is 250 g/mol. The number of likely N-dealkylation sites (tertiary alicyclic amines) is 1. The van der Waals surface area contributed by atoms with Crippen LogP contribution in [-0.2, 0) is 19.1 Å². The number of ether oxygens (including phenoxy) is 2. The molecule has 1 rings (SSSR count). The Bertz CT molecular complexity index is 295. The fraction of sp³-hybridized carbons (Fsp3) is 0.846. The van der Waals surface area contributed by atoms with Crippen LogP contribution in [0.3, 0.4) is 0 Å². The first kappa shape index (κ1) is 15.9. The number of carbonyl (C=O) groups excluding carboxylic acids is 1. The zero-order valence-electron chi connectivity index (χ0n) is 11.5. The van der Waals surface area contributed by atoms with Crippen LogP contribution in [0.25, 0.3) is 0 Å². The van der Waals surface area contributed by atoms with Gasteiger partial charge in [0.05, 0.1) is 13.2 Å². The largest absolute Gasteiger partial charge is 0.480 e. The zero-order valence-corrected chi connectivity index (χ0v) is 11.5. The summed E-state index contributed by atoms with van der Waals surface area (Å²) in [4.78, 5) is 24.3. The quantitative estimate of drug-likeness (QED) is 0.523. The molecule has 1 fully saturated rings. The average Bonchev–Trinajstić information content (AvgIpc) is 2.39. The molecule has 1 atom stereocenters. The normalized spacial score (nSPS) is 20.2. The molecule has 6 heteroatoms. The summed E-state index contributed by atoms with van der Waals surface area (Å²) < 4.78 is 10.2. The topological polar surface area (TPSA) is 76.1 Å². The highest BCUT2D eigenvalue weighted by molar-refractivity contribution is 5.76. The molecule has 0 spiro atoms. The minimum absolute atomic E-state index is 0.0464. The van der Waals surface area contributed by atoms with Crippen molar-refractivity contribution < 1.29 is 24.2 Å². The van der Waals surface area contributed by atoms with Crippen molar-refractivity contribution in [2.45, 2.75) is 38.6 Å². The lowest BCUT2D eigenvalue weighted by Crippen LogP contribution is -2.47. The van der Waals surface area contributed by atoms with Crippen molar-refractivity contribution in [3.05, 3.63) is 0 Å². The maximum absolute atomic E-state index is 11.6. The van der Waals surface area contributed by atoms with E-state index >= 15 is 0 Å². The average molecular weight is 273 g/mol. The molecule has 6 nitrogen and oxygen atoms in total. The van der Waals surface area contributed by atoms with Crippen molar-refractivity contribution in [3.63, 3.8) is 0 Å². The second-order valence-electron chi connectivity index (χ2n) is 4.65. The molecule has 0 bridgehead atoms. The van der Waals surface area contributed by atoms with E-state index in [1.165, 1.54) is 0 Å². The second-order valence-corrected chi connectivity index (χ2v) is 4.65. The first-order chi connectivity index (χ1) is 9.15. The van der Waals surface area contributed by atoms with Gasteiger partial charge >= 0.3 is 11.9 Å². The predicted molar refractivity (Wildman–Crippen MR) is 68.9 cm³/mol. The molecule has 110 valence electrons. The molecule has 1 saturated heterocycles. The monoisotopic (exact) mass is 273 g/mol. The minimum Gasteiger partial charge on any atom is -0.480 e. The first-order valence-electron chi connectivity index (χ1n) is 6.85. The molecule has 0 aromatic heterocycles. The standard InChI is InChI=1S/C13H23NO5/c1-2-7-18-8-9-19-12(15)10-14-6-4-3-5-11(14)13(16)17/h11H,2-10H2,1H3,(H,16,17). The molecule has 19 heavy (non-hydrogen) atoms. The van der Waals surface area contributed by atoms with Crippen LogP contribution < -0.4 is 0 Å². The van der Waals surface area contributed by atoms with E-state index in [0.717, 1.165) is 19.3 Å². The Morgan fingerprint density at radius 2 is 2.05 bits per heavy atom. The summed E-state index contributed by atoms with van der Waals surface area (Å²) in [6, 6.07) is -0.558. The third-order valence-electron chi connectivity index (χ3n) is 3.07. The summed E-state index contributed by atoms with van der Waals surface area (Å²) in [5, 5.41) is 9.08. The molecule has 1 aliphatic heterocycles. The van der Waals surface area contributed by atoms with Gasteiger partial charge in [-0.2, -0.15) is 0 Å². The van der Waals surface area contributed by atoms with E-state index in [1.54, 1.807) is 4.90 Å². The number of piperidine rings is 1. The minimum atomic E-state index is -0.862. The van der Waals surface area contributed by atoms with Gasteiger partial charge in [0.25, 0.3) is 0 Å². The van der Waals surface area contributed by atoms with Crippen molar-refractivity contribution in [3.8, 4) is 0 Å². The van der Waals surface area contributed by atoms with E-state index in [0.29, 0.717) is 26.2 Å². The maximum atomic E-state index is 11.6. The number of hydrogen-bond acceptors (Lipinski definition) is 5. The number of nitrogens with zero attached hydrogens (tertiary/aromatic N) is 1. The lowest BCUT2D eigenvalue weighted by Gasteiger charge is -2.31. The predicted octanol–water partition coefficient (Wildman–Crippen LogP) is 0.895. The van der Waals surface area contributed by atoms with Gasteiger partial charge in [0, 0.05) is 6.61 Å². The van der Waals surface area contributed by atoms with Crippen LogP contribution in [0.15, 0.2) is 0 Å². The second kappa shape index (κ2) is 8.87. The van der Waals surface area contributed by atoms with Crippen LogP contribution in [-0.4, -0.2) is 60.9 Å². The lowest BCUT2D eigenvalue weighted by molar-refractivity contribution is -0.151.